The van der Waals surface area contributed by atoms with E-state index in [4.69, 9.17) is 10.00 Å². The number of nitrogens with zero attached hydrogens (tertiary/aromatic N) is 2. The highest BCUT2D eigenvalue weighted by molar-refractivity contribution is 6.33. The Morgan fingerprint density at radius 2 is 2.05 bits per heavy atom. The Balaban J connectivity index is 1.77. The zero-order valence-corrected chi connectivity index (χ0v) is 12.1. The van der Waals surface area contributed by atoms with Crippen LogP contribution in [0.4, 0.5) is 0 Å². The fourth-order valence-corrected chi connectivity index (χ4v) is 2.83. The van der Waals surface area contributed by atoms with Crippen molar-refractivity contribution < 1.29 is 14.3 Å². The molecule has 2 heterocycles. The second-order valence-corrected chi connectivity index (χ2v) is 5.56. The lowest BCUT2D eigenvalue weighted by atomic mass is 9.99. The van der Waals surface area contributed by atoms with E-state index in [1.165, 1.54) is 11.0 Å². The summed E-state index contributed by atoms with van der Waals surface area (Å²) >= 11 is 0. The van der Waals surface area contributed by atoms with E-state index in [0.717, 1.165) is 12.8 Å². The molecule has 1 aromatic rings. The molecule has 0 radical (unpaired) electrons. The van der Waals surface area contributed by atoms with Crippen LogP contribution in [0.5, 0.6) is 0 Å². The van der Waals surface area contributed by atoms with Crippen molar-refractivity contribution in [2.45, 2.75) is 12.8 Å². The largest absolute Gasteiger partial charge is 0.381 e. The van der Waals surface area contributed by atoms with E-state index in [9.17, 15) is 9.59 Å². The van der Waals surface area contributed by atoms with E-state index < -0.39 is 0 Å². The highest BCUT2D eigenvalue weighted by atomic mass is 16.5. The monoisotopic (exact) mass is 296 g/mol. The molecule has 0 atom stereocenters. The predicted octanol–water partition coefficient (Wildman–Crippen LogP) is 1.74. The van der Waals surface area contributed by atoms with Crippen LogP contribution < -0.4 is 0 Å². The van der Waals surface area contributed by atoms with Crippen LogP contribution in [0.25, 0.3) is 5.57 Å². The Hall–Kier alpha value is -2.45. The molecule has 112 valence electrons. The topological polar surface area (TPSA) is 70.4 Å². The van der Waals surface area contributed by atoms with Gasteiger partial charge >= 0.3 is 0 Å². The summed E-state index contributed by atoms with van der Waals surface area (Å²) in [4.78, 5) is 26.0. The number of amides is 2. The maximum Gasteiger partial charge on any atom is 0.261 e. The van der Waals surface area contributed by atoms with Crippen molar-refractivity contribution >= 4 is 17.4 Å². The summed E-state index contributed by atoms with van der Waals surface area (Å²) in [7, 11) is 0. The molecule has 1 aromatic carbocycles. The minimum absolute atomic E-state index is 0.270. The lowest BCUT2D eigenvalue weighted by Crippen LogP contribution is -2.37. The fourth-order valence-electron chi connectivity index (χ4n) is 2.83. The molecule has 0 N–H and O–H groups in total. The van der Waals surface area contributed by atoms with Gasteiger partial charge in [0, 0.05) is 25.8 Å². The highest BCUT2D eigenvalue weighted by Crippen LogP contribution is 2.26. The number of carbonyl (C=O) groups excluding carboxylic acids is 2. The lowest BCUT2D eigenvalue weighted by molar-refractivity contribution is -0.137. The standard InChI is InChI=1S/C17H16N2O3/c18-10-13-2-1-3-14(8-13)15-9-16(20)19(17(15)21)11-12-4-6-22-7-5-12/h1-3,8-9,12H,4-7,11H2. The van der Waals surface area contributed by atoms with E-state index in [1.54, 1.807) is 24.3 Å². The second-order valence-electron chi connectivity index (χ2n) is 5.56. The minimum Gasteiger partial charge on any atom is -0.381 e. The molecule has 3 rings (SSSR count). The minimum atomic E-state index is -0.272. The van der Waals surface area contributed by atoms with Crippen molar-refractivity contribution in [3.05, 3.63) is 41.5 Å². The van der Waals surface area contributed by atoms with Gasteiger partial charge in [-0.15, -0.1) is 0 Å². The van der Waals surface area contributed by atoms with E-state index in [-0.39, 0.29) is 11.8 Å². The van der Waals surface area contributed by atoms with Gasteiger partial charge < -0.3 is 4.74 Å². The molecule has 5 heteroatoms. The molecule has 22 heavy (non-hydrogen) atoms. The SMILES string of the molecule is N#Cc1cccc(C2=CC(=O)N(CC3CCOCC3)C2=O)c1. The van der Waals surface area contributed by atoms with Crippen molar-refractivity contribution in [3.63, 3.8) is 0 Å². The summed E-state index contributed by atoms with van der Waals surface area (Å²) in [5.41, 5.74) is 1.46. The molecule has 2 aliphatic heterocycles. The summed E-state index contributed by atoms with van der Waals surface area (Å²) in [6.45, 7) is 1.82. The van der Waals surface area contributed by atoms with Crippen molar-refractivity contribution in [3.8, 4) is 6.07 Å². The Bertz CT molecular complexity index is 681. The summed E-state index contributed by atoms with van der Waals surface area (Å²) < 4.78 is 5.30. The number of ether oxygens (including phenoxy) is 1. The molecule has 2 amide bonds. The number of hydrogen-bond donors (Lipinski definition) is 0. The molecule has 0 aliphatic carbocycles. The first kappa shape index (κ1) is 14.5. The van der Waals surface area contributed by atoms with Crippen LogP contribution in [0.15, 0.2) is 30.3 Å². The van der Waals surface area contributed by atoms with Crippen LogP contribution in [0.3, 0.4) is 0 Å². The third-order valence-electron chi connectivity index (χ3n) is 4.09. The maximum atomic E-state index is 12.5. The first-order chi connectivity index (χ1) is 10.7. The van der Waals surface area contributed by atoms with Gasteiger partial charge in [0.1, 0.15) is 0 Å². The Labute approximate surface area is 128 Å². The van der Waals surface area contributed by atoms with Gasteiger partial charge in [0.05, 0.1) is 17.2 Å². The first-order valence-electron chi connectivity index (χ1n) is 7.35. The van der Waals surface area contributed by atoms with Crippen LogP contribution in [-0.4, -0.2) is 36.5 Å². The molecule has 0 spiro atoms. The van der Waals surface area contributed by atoms with Gasteiger partial charge in [-0.1, -0.05) is 12.1 Å². The number of rotatable bonds is 3. The number of imide groups is 1. The molecule has 5 nitrogen and oxygen atoms in total. The number of benzene rings is 1. The Morgan fingerprint density at radius 3 is 2.77 bits per heavy atom. The molecule has 1 saturated heterocycles. The average molecular weight is 296 g/mol. The third-order valence-corrected chi connectivity index (χ3v) is 4.09. The molecular formula is C17H16N2O3. The van der Waals surface area contributed by atoms with Gasteiger partial charge in [0.15, 0.2) is 0 Å². The first-order valence-corrected chi connectivity index (χ1v) is 7.35. The normalized spacial score (nSPS) is 19.2. The summed E-state index contributed by atoms with van der Waals surface area (Å²) in [5.74, 6) is -0.236. The van der Waals surface area contributed by atoms with E-state index >= 15 is 0 Å². The van der Waals surface area contributed by atoms with Crippen LogP contribution >= 0.6 is 0 Å². The van der Waals surface area contributed by atoms with Crippen molar-refractivity contribution in [2.24, 2.45) is 5.92 Å². The Kier molecular flexibility index (Phi) is 4.03. The molecular weight excluding hydrogens is 280 g/mol. The molecule has 0 saturated carbocycles. The van der Waals surface area contributed by atoms with Gasteiger partial charge in [-0.2, -0.15) is 5.26 Å². The number of nitriles is 1. The fraction of sp³-hybridized carbons (Fsp3) is 0.353. The zero-order chi connectivity index (χ0) is 15.5. The van der Waals surface area contributed by atoms with Gasteiger partial charge in [0.2, 0.25) is 0 Å². The molecule has 0 bridgehead atoms. The second kappa shape index (κ2) is 6.12. The summed E-state index contributed by atoms with van der Waals surface area (Å²) in [6.07, 6.45) is 3.12. The van der Waals surface area contributed by atoms with Crippen LogP contribution in [0, 0.1) is 17.2 Å². The molecule has 1 fully saturated rings. The van der Waals surface area contributed by atoms with Gasteiger partial charge in [-0.25, -0.2) is 0 Å². The highest BCUT2D eigenvalue weighted by Gasteiger charge is 2.33. The molecule has 0 aromatic heterocycles. The van der Waals surface area contributed by atoms with Crippen LogP contribution in [0.1, 0.15) is 24.0 Å². The van der Waals surface area contributed by atoms with Crippen molar-refractivity contribution in [2.75, 3.05) is 19.8 Å². The van der Waals surface area contributed by atoms with E-state index in [1.807, 2.05) is 6.07 Å². The van der Waals surface area contributed by atoms with Gasteiger partial charge in [-0.05, 0) is 36.5 Å². The van der Waals surface area contributed by atoms with Crippen molar-refractivity contribution in [1.82, 2.24) is 4.90 Å². The maximum absolute atomic E-state index is 12.5. The van der Waals surface area contributed by atoms with Crippen LogP contribution in [0.2, 0.25) is 0 Å². The molecule has 0 unspecified atom stereocenters. The van der Waals surface area contributed by atoms with Crippen LogP contribution in [-0.2, 0) is 14.3 Å². The lowest BCUT2D eigenvalue weighted by Gasteiger charge is -2.26. The quantitative estimate of drug-likeness (QED) is 0.797. The third kappa shape index (κ3) is 2.78. The molecule has 2 aliphatic rings. The van der Waals surface area contributed by atoms with Gasteiger partial charge in [0.25, 0.3) is 11.8 Å². The smallest absolute Gasteiger partial charge is 0.261 e. The summed E-state index contributed by atoms with van der Waals surface area (Å²) in [6, 6.07) is 8.81. The number of carbonyl (C=O) groups is 2. The number of hydrogen-bond acceptors (Lipinski definition) is 4. The summed E-state index contributed by atoms with van der Waals surface area (Å²) in [5, 5.41) is 8.95. The van der Waals surface area contributed by atoms with E-state index in [2.05, 4.69) is 0 Å². The van der Waals surface area contributed by atoms with Gasteiger partial charge in [-0.3, -0.25) is 14.5 Å². The van der Waals surface area contributed by atoms with E-state index in [0.29, 0.717) is 42.4 Å². The van der Waals surface area contributed by atoms with Crippen molar-refractivity contribution in [1.29, 1.82) is 5.26 Å². The zero-order valence-electron chi connectivity index (χ0n) is 12.1. The predicted molar refractivity (Wildman–Crippen MR) is 79.4 cm³/mol. The average Bonchev–Trinajstić information content (AvgIpc) is 2.84. The Morgan fingerprint density at radius 1 is 1.27 bits per heavy atom.